The molecule has 0 unspecified atom stereocenters. The molecular formula is C29H35N5O4. The minimum absolute atomic E-state index is 0.254. The Hall–Kier alpha value is -4.27. The summed E-state index contributed by atoms with van der Waals surface area (Å²) in [6, 6.07) is 9.76. The van der Waals surface area contributed by atoms with Crippen molar-refractivity contribution in [3.63, 3.8) is 0 Å². The predicted molar refractivity (Wildman–Crippen MR) is 148 cm³/mol. The molecule has 9 nitrogen and oxygen atoms in total. The molecule has 0 atom stereocenters. The molecule has 3 aromatic rings. The maximum absolute atomic E-state index is 12.5. The minimum Gasteiger partial charge on any atom is -0.459 e. The van der Waals surface area contributed by atoms with Crippen LogP contribution >= 0.6 is 0 Å². The molecule has 0 fully saturated rings. The molecule has 4 rings (SSSR count). The molecule has 0 bridgehead atoms. The molecule has 2 aromatic heterocycles. The lowest BCUT2D eigenvalue weighted by Gasteiger charge is -2.29. The first-order chi connectivity index (χ1) is 18.0. The summed E-state index contributed by atoms with van der Waals surface area (Å²) >= 11 is 0. The number of anilines is 1. The fraction of sp³-hybridized carbons (Fsp3) is 0.345. The Morgan fingerprint density at radius 1 is 1.34 bits per heavy atom. The lowest BCUT2D eigenvalue weighted by atomic mass is 10.1. The van der Waals surface area contributed by atoms with Crippen LogP contribution < -0.4 is 10.6 Å². The number of likely N-dealkylation sites (N-methyl/N-ethyl adjacent to an activating group) is 1. The molecule has 1 aliphatic heterocycles. The van der Waals surface area contributed by atoms with Crippen molar-refractivity contribution in [2.45, 2.75) is 46.4 Å². The lowest BCUT2D eigenvalue weighted by Crippen LogP contribution is -2.44. The molecule has 1 aliphatic rings. The SMILES string of the molecule is C=C(/C=C/c1cnc2c(c1)CN(CCNC(=O)OC(C)(C)C)C(=O)N2)N(C)Cc1oc2ccccc2c1C. The largest absolute Gasteiger partial charge is 0.459 e. The van der Waals surface area contributed by atoms with E-state index in [0.717, 1.165) is 39.1 Å². The summed E-state index contributed by atoms with van der Waals surface area (Å²) in [5, 5.41) is 6.62. The van der Waals surface area contributed by atoms with Crippen molar-refractivity contribution in [1.29, 1.82) is 0 Å². The van der Waals surface area contributed by atoms with Crippen LogP contribution in [-0.4, -0.2) is 52.6 Å². The zero-order chi connectivity index (χ0) is 27.4. The second-order valence-corrected chi connectivity index (χ2v) is 10.4. The molecule has 0 aliphatic carbocycles. The molecular weight excluding hydrogens is 482 g/mol. The number of amides is 3. The maximum atomic E-state index is 12.5. The van der Waals surface area contributed by atoms with Crippen molar-refractivity contribution in [1.82, 2.24) is 20.1 Å². The Kier molecular flexibility index (Phi) is 7.75. The lowest BCUT2D eigenvalue weighted by molar-refractivity contribution is 0.0523. The second kappa shape index (κ2) is 11.0. The molecule has 3 heterocycles. The van der Waals surface area contributed by atoms with Gasteiger partial charge in [-0.05, 0) is 51.5 Å². The van der Waals surface area contributed by atoms with Gasteiger partial charge in [-0.15, -0.1) is 0 Å². The van der Waals surface area contributed by atoms with E-state index in [1.165, 1.54) is 0 Å². The molecule has 9 heteroatoms. The first-order valence-corrected chi connectivity index (χ1v) is 12.6. The molecule has 0 spiro atoms. The number of aromatic nitrogens is 1. The van der Waals surface area contributed by atoms with Crippen LogP contribution in [0.4, 0.5) is 15.4 Å². The number of nitrogens with zero attached hydrogens (tertiary/aromatic N) is 3. The number of nitrogens with one attached hydrogen (secondary N) is 2. The summed E-state index contributed by atoms with van der Waals surface area (Å²) in [6.07, 6.45) is 5.09. The molecule has 0 saturated carbocycles. The second-order valence-electron chi connectivity index (χ2n) is 10.4. The normalized spacial score (nSPS) is 13.4. The number of fused-ring (bicyclic) bond motifs is 2. The van der Waals surface area contributed by atoms with Crippen molar-refractivity contribution in [3.05, 3.63) is 77.3 Å². The van der Waals surface area contributed by atoms with Crippen LogP contribution in [-0.2, 0) is 17.8 Å². The van der Waals surface area contributed by atoms with E-state index in [-0.39, 0.29) is 12.6 Å². The number of alkyl carbamates (subject to hydrolysis) is 1. The number of carbonyl (C=O) groups excluding carboxylic acids is 2. The van der Waals surface area contributed by atoms with Crippen LogP contribution in [0.3, 0.4) is 0 Å². The van der Waals surface area contributed by atoms with Crippen molar-refractivity contribution in [3.8, 4) is 0 Å². The van der Waals surface area contributed by atoms with Gasteiger partial charge in [0.1, 0.15) is 22.8 Å². The van der Waals surface area contributed by atoms with Gasteiger partial charge in [0.25, 0.3) is 0 Å². The number of urea groups is 1. The fourth-order valence-electron chi connectivity index (χ4n) is 4.11. The standard InChI is InChI=1S/C29H35N5O4/c1-19(33(6)18-25-20(2)23-9-7-8-10-24(23)37-25)11-12-21-15-22-17-34(27(35)32-26(22)31-16-21)14-13-30-28(36)38-29(3,4)5/h7-12,15-16H,1,13-14,17-18H2,2-6H3,(H,30,36)(H,31,32,35)/b12-11+. The summed E-state index contributed by atoms with van der Waals surface area (Å²) in [5.74, 6) is 1.45. The topological polar surface area (TPSA) is 99.9 Å². The molecule has 1 aromatic carbocycles. The van der Waals surface area contributed by atoms with Gasteiger partial charge in [0.2, 0.25) is 0 Å². The highest BCUT2D eigenvalue weighted by Crippen LogP contribution is 2.27. The Morgan fingerprint density at radius 2 is 2.11 bits per heavy atom. The Bertz CT molecular complexity index is 1390. The number of para-hydroxylation sites is 1. The first kappa shape index (κ1) is 26.8. The number of furan rings is 1. The van der Waals surface area contributed by atoms with Gasteiger partial charge < -0.3 is 24.3 Å². The summed E-state index contributed by atoms with van der Waals surface area (Å²) in [5.41, 5.74) is 4.05. The van der Waals surface area contributed by atoms with E-state index in [0.29, 0.717) is 25.5 Å². The van der Waals surface area contributed by atoms with Gasteiger partial charge in [0, 0.05) is 48.5 Å². The van der Waals surface area contributed by atoms with E-state index >= 15 is 0 Å². The van der Waals surface area contributed by atoms with Gasteiger partial charge in [-0.2, -0.15) is 0 Å². The van der Waals surface area contributed by atoms with Crippen molar-refractivity contribution >= 4 is 35.0 Å². The number of hydrogen-bond donors (Lipinski definition) is 2. The van der Waals surface area contributed by atoms with Crippen LogP contribution in [0.2, 0.25) is 0 Å². The van der Waals surface area contributed by atoms with E-state index in [1.54, 1.807) is 31.9 Å². The number of rotatable bonds is 8. The van der Waals surface area contributed by atoms with E-state index in [2.05, 4.69) is 35.2 Å². The van der Waals surface area contributed by atoms with E-state index in [4.69, 9.17) is 9.15 Å². The van der Waals surface area contributed by atoms with Crippen molar-refractivity contribution in [2.24, 2.45) is 0 Å². The van der Waals surface area contributed by atoms with Gasteiger partial charge in [-0.25, -0.2) is 14.6 Å². The third kappa shape index (κ3) is 6.53. The number of benzene rings is 1. The van der Waals surface area contributed by atoms with Gasteiger partial charge in [-0.3, -0.25) is 5.32 Å². The number of ether oxygens (including phenoxy) is 1. The van der Waals surface area contributed by atoms with Gasteiger partial charge in [0.15, 0.2) is 0 Å². The summed E-state index contributed by atoms with van der Waals surface area (Å²) in [7, 11) is 1.98. The monoisotopic (exact) mass is 517 g/mol. The van der Waals surface area contributed by atoms with Crippen LogP contribution in [0.15, 0.2) is 59.3 Å². The van der Waals surface area contributed by atoms with E-state index in [9.17, 15) is 9.59 Å². The summed E-state index contributed by atoms with van der Waals surface area (Å²) in [4.78, 5) is 32.4. The smallest absolute Gasteiger partial charge is 0.407 e. The van der Waals surface area contributed by atoms with Crippen LogP contribution in [0.1, 0.15) is 43.2 Å². The average molecular weight is 518 g/mol. The summed E-state index contributed by atoms with van der Waals surface area (Å²) in [6.45, 7) is 13.3. The predicted octanol–water partition coefficient (Wildman–Crippen LogP) is 5.67. The Morgan fingerprint density at radius 3 is 2.84 bits per heavy atom. The van der Waals surface area contributed by atoms with E-state index in [1.807, 2.05) is 48.4 Å². The molecule has 200 valence electrons. The summed E-state index contributed by atoms with van der Waals surface area (Å²) < 4.78 is 11.3. The molecule has 0 radical (unpaired) electrons. The third-order valence-corrected chi connectivity index (χ3v) is 6.19. The minimum atomic E-state index is -0.576. The van der Waals surface area contributed by atoms with Crippen molar-refractivity contribution < 1.29 is 18.7 Å². The third-order valence-electron chi connectivity index (χ3n) is 6.19. The van der Waals surface area contributed by atoms with E-state index < -0.39 is 11.7 Å². The first-order valence-electron chi connectivity index (χ1n) is 12.6. The number of carbonyl (C=O) groups is 2. The quantitative estimate of drug-likeness (QED) is 0.374. The highest BCUT2D eigenvalue weighted by molar-refractivity contribution is 5.91. The number of hydrogen-bond acceptors (Lipinski definition) is 6. The molecule has 0 saturated heterocycles. The average Bonchev–Trinajstić information content (AvgIpc) is 3.16. The van der Waals surface area contributed by atoms with Gasteiger partial charge in [0.05, 0.1) is 13.1 Å². The van der Waals surface area contributed by atoms with Crippen LogP contribution in [0, 0.1) is 6.92 Å². The van der Waals surface area contributed by atoms with Crippen LogP contribution in [0.5, 0.6) is 0 Å². The fourth-order valence-corrected chi connectivity index (χ4v) is 4.11. The molecule has 3 amide bonds. The van der Waals surface area contributed by atoms with Crippen LogP contribution in [0.25, 0.3) is 17.0 Å². The maximum Gasteiger partial charge on any atom is 0.407 e. The van der Waals surface area contributed by atoms with Gasteiger partial charge >= 0.3 is 12.1 Å². The number of pyridine rings is 1. The highest BCUT2D eigenvalue weighted by Gasteiger charge is 2.24. The van der Waals surface area contributed by atoms with Crippen molar-refractivity contribution in [2.75, 3.05) is 25.5 Å². The Labute approximate surface area is 223 Å². The number of allylic oxidation sites excluding steroid dienone is 1. The highest BCUT2D eigenvalue weighted by atomic mass is 16.6. The molecule has 2 N–H and O–H groups in total. The molecule has 38 heavy (non-hydrogen) atoms. The zero-order valence-corrected chi connectivity index (χ0v) is 22.6. The Balaban J connectivity index is 1.35. The van der Waals surface area contributed by atoms with Gasteiger partial charge in [-0.1, -0.05) is 30.9 Å². The zero-order valence-electron chi connectivity index (χ0n) is 22.6. The number of aryl methyl sites for hydroxylation is 1.